The topological polar surface area (TPSA) is 58.6 Å². The van der Waals surface area contributed by atoms with Gasteiger partial charge in [0.1, 0.15) is 6.04 Å². The van der Waals surface area contributed by atoms with Gasteiger partial charge in [-0.25, -0.2) is 4.79 Å². The van der Waals surface area contributed by atoms with Gasteiger partial charge in [0.15, 0.2) is 0 Å². The molecular formula is C12H20N2O3S. The van der Waals surface area contributed by atoms with Crippen molar-refractivity contribution < 1.29 is 14.3 Å². The average molecular weight is 272 g/mol. The van der Waals surface area contributed by atoms with Crippen molar-refractivity contribution in [3.8, 4) is 0 Å². The van der Waals surface area contributed by atoms with Crippen LogP contribution in [0.5, 0.6) is 0 Å². The average Bonchev–Trinajstić information content (AvgIpc) is 2.57. The number of rotatable bonds is 2. The highest BCUT2D eigenvalue weighted by molar-refractivity contribution is 7.99. The number of thioether (sulfide) groups is 1. The number of hydrogen-bond acceptors (Lipinski definition) is 5. The Hall–Kier alpha value is -0.750. The van der Waals surface area contributed by atoms with Crippen LogP contribution in [-0.2, 0) is 14.3 Å². The summed E-state index contributed by atoms with van der Waals surface area (Å²) in [7, 11) is 3.18. The molecule has 1 N–H and O–H groups in total. The molecule has 0 aromatic carbocycles. The predicted molar refractivity (Wildman–Crippen MR) is 70.2 cm³/mol. The van der Waals surface area contributed by atoms with E-state index >= 15 is 0 Å². The third kappa shape index (κ3) is 2.49. The Bertz CT molecular complexity index is 337. The maximum absolute atomic E-state index is 12.5. The lowest BCUT2D eigenvalue weighted by Crippen LogP contribution is -2.56. The van der Waals surface area contributed by atoms with Crippen molar-refractivity contribution in [1.29, 1.82) is 0 Å². The molecule has 3 unspecified atom stereocenters. The van der Waals surface area contributed by atoms with Crippen molar-refractivity contribution >= 4 is 23.6 Å². The standard InChI is InChI=1S/C12H20N2O3S/c1-13-8-6-7-18-10-5-3-4-9(12(16)17-2)14(10)11(8)15/h8-10,13H,3-7H2,1-2H3. The molecule has 0 saturated carbocycles. The summed E-state index contributed by atoms with van der Waals surface area (Å²) in [5.74, 6) is 0.708. The summed E-state index contributed by atoms with van der Waals surface area (Å²) in [4.78, 5) is 26.1. The Kier molecular flexibility index (Phi) is 4.50. The van der Waals surface area contributed by atoms with Crippen molar-refractivity contribution in [3.63, 3.8) is 0 Å². The number of nitrogens with zero attached hydrogens (tertiary/aromatic N) is 1. The third-order valence-corrected chi connectivity index (χ3v) is 4.98. The van der Waals surface area contributed by atoms with E-state index in [4.69, 9.17) is 4.74 Å². The van der Waals surface area contributed by atoms with Crippen molar-refractivity contribution in [2.75, 3.05) is 19.9 Å². The van der Waals surface area contributed by atoms with Gasteiger partial charge in [-0.15, -0.1) is 11.8 Å². The number of methoxy groups -OCH3 is 1. The van der Waals surface area contributed by atoms with Crippen molar-refractivity contribution in [2.24, 2.45) is 0 Å². The first-order valence-electron chi connectivity index (χ1n) is 6.38. The molecule has 18 heavy (non-hydrogen) atoms. The lowest BCUT2D eigenvalue weighted by molar-refractivity contribution is -0.156. The van der Waals surface area contributed by atoms with Crippen LogP contribution in [0.1, 0.15) is 25.7 Å². The molecule has 2 rings (SSSR count). The summed E-state index contributed by atoms with van der Waals surface area (Å²) < 4.78 is 4.83. The van der Waals surface area contributed by atoms with Crippen LogP contribution >= 0.6 is 11.8 Å². The van der Waals surface area contributed by atoms with Gasteiger partial charge < -0.3 is 15.0 Å². The number of hydrogen-bond donors (Lipinski definition) is 1. The Morgan fingerprint density at radius 2 is 2.22 bits per heavy atom. The second-order valence-electron chi connectivity index (χ2n) is 4.67. The fraction of sp³-hybridized carbons (Fsp3) is 0.833. The van der Waals surface area contributed by atoms with Gasteiger partial charge in [0.05, 0.1) is 18.5 Å². The fourth-order valence-electron chi connectivity index (χ4n) is 2.68. The molecule has 0 spiro atoms. The van der Waals surface area contributed by atoms with Crippen LogP contribution in [0, 0.1) is 0 Å². The van der Waals surface area contributed by atoms with Crippen LogP contribution in [0.25, 0.3) is 0 Å². The number of amides is 1. The van der Waals surface area contributed by atoms with E-state index in [-0.39, 0.29) is 23.3 Å². The van der Waals surface area contributed by atoms with E-state index in [0.717, 1.165) is 25.0 Å². The highest BCUT2D eigenvalue weighted by atomic mass is 32.2. The number of ether oxygens (including phenoxy) is 1. The van der Waals surface area contributed by atoms with Crippen molar-refractivity contribution in [2.45, 2.75) is 43.1 Å². The van der Waals surface area contributed by atoms with E-state index < -0.39 is 6.04 Å². The van der Waals surface area contributed by atoms with E-state index in [2.05, 4.69) is 5.32 Å². The monoisotopic (exact) mass is 272 g/mol. The predicted octanol–water partition coefficient (Wildman–Crippen LogP) is 0.591. The van der Waals surface area contributed by atoms with Gasteiger partial charge in [-0.3, -0.25) is 4.79 Å². The van der Waals surface area contributed by atoms with Gasteiger partial charge in [-0.05, 0) is 38.5 Å². The second-order valence-corrected chi connectivity index (χ2v) is 5.96. The minimum atomic E-state index is -0.400. The minimum absolute atomic E-state index is 0.0441. The van der Waals surface area contributed by atoms with Crippen LogP contribution in [0.4, 0.5) is 0 Å². The second kappa shape index (κ2) is 5.93. The zero-order valence-electron chi connectivity index (χ0n) is 10.8. The zero-order chi connectivity index (χ0) is 13.1. The molecule has 0 radical (unpaired) electrons. The molecule has 1 amide bonds. The smallest absolute Gasteiger partial charge is 0.328 e. The third-order valence-electron chi connectivity index (χ3n) is 3.67. The van der Waals surface area contributed by atoms with E-state index in [9.17, 15) is 9.59 Å². The number of carbonyl (C=O) groups is 2. The minimum Gasteiger partial charge on any atom is -0.467 e. The van der Waals surface area contributed by atoms with Crippen molar-refractivity contribution in [3.05, 3.63) is 0 Å². The molecule has 0 aliphatic carbocycles. The number of carbonyl (C=O) groups excluding carboxylic acids is 2. The fourth-order valence-corrected chi connectivity index (χ4v) is 4.07. The number of likely N-dealkylation sites (N-methyl/N-ethyl adjacent to an activating group) is 1. The SMILES string of the molecule is CNC1CCSC2CCCC(C(=O)OC)N2C1=O. The van der Waals surface area contributed by atoms with Crippen LogP contribution in [-0.4, -0.2) is 54.1 Å². The quantitative estimate of drug-likeness (QED) is 0.746. The normalized spacial score (nSPS) is 32.7. The maximum Gasteiger partial charge on any atom is 0.328 e. The molecule has 0 aromatic heterocycles. The van der Waals surface area contributed by atoms with Crippen LogP contribution in [0.2, 0.25) is 0 Å². The molecular weight excluding hydrogens is 252 g/mol. The lowest BCUT2D eigenvalue weighted by atomic mass is 10.0. The highest BCUT2D eigenvalue weighted by Crippen LogP contribution is 2.34. The van der Waals surface area contributed by atoms with Crippen molar-refractivity contribution in [1.82, 2.24) is 10.2 Å². The summed E-state index contributed by atoms with van der Waals surface area (Å²) in [5.41, 5.74) is 0. The molecule has 5 nitrogen and oxygen atoms in total. The lowest BCUT2D eigenvalue weighted by Gasteiger charge is -2.40. The molecule has 2 saturated heterocycles. The summed E-state index contributed by atoms with van der Waals surface area (Å²) in [5, 5.41) is 3.18. The molecule has 0 bridgehead atoms. The first-order chi connectivity index (χ1) is 8.69. The molecule has 2 aliphatic heterocycles. The molecule has 2 fully saturated rings. The van der Waals surface area contributed by atoms with Crippen LogP contribution in [0.3, 0.4) is 0 Å². The van der Waals surface area contributed by atoms with E-state index in [1.807, 2.05) is 0 Å². The Balaban J connectivity index is 2.23. The van der Waals surface area contributed by atoms with Crippen LogP contribution in [0.15, 0.2) is 0 Å². The first-order valence-corrected chi connectivity index (χ1v) is 7.42. The first kappa shape index (κ1) is 13.7. The zero-order valence-corrected chi connectivity index (χ0v) is 11.7. The number of piperidine rings is 1. The van der Waals surface area contributed by atoms with Gasteiger partial charge in [0.2, 0.25) is 5.91 Å². The largest absolute Gasteiger partial charge is 0.467 e. The molecule has 3 atom stereocenters. The molecule has 6 heteroatoms. The van der Waals surface area contributed by atoms with Gasteiger partial charge in [0, 0.05) is 0 Å². The maximum atomic E-state index is 12.5. The number of esters is 1. The van der Waals surface area contributed by atoms with E-state index in [0.29, 0.717) is 6.42 Å². The molecule has 2 heterocycles. The van der Waals surface area contributed by atoms with E-state index in [1.165, 1.54) is 7.11 Å². The molecule has 2 aliphatic rings. The van der Waals surface area contributed by atoms with Gasteiger partial charge in [-0.1, -0.05) is 0 Å². The highest BCUT2D eigenvalue weighted by Gasteiger charge is 2.42. The van der Waals surface area contributed by atoms with E-state index in [1.54, 1.807) is 23.7 Å². The van der Waals surface area contributed by atoms with Crippen LogP contribution < -0.4 is 5.32 Å². The van der Waals surface area contributed by atoms with Gasteiger partial charge in [-0.2, -0.15) is 0 Å². The Morgan fingerprint density at radius 3 is 2.89 bits per heavy atom. The summed E-state index contributed by atoms with van der Waals surface area (Å²) >= 11 is 1.78. The molecule has 0 aromatic rings. The number of fused-ring (bicyclic) bond motifs is 1. The van der Waals surface area contributed by atoms with Gasteiger partial charge >= 0.3 is 5.97 Å². The molecule has 102 valence electrons. The summed E-state index contributed by atoms with van der Waals surface area (Å²) in [6.07, 6.45) is 3.48. The number of nitrogens with one attached hydrogen (secondary N) is 1. The van der Waals surface area contributed by atoms with Gasteiger partial charge in [0.25, 0.3) is 0 Å². The summed E-state index contributed by atoms with van der Waals surface area (Å²) in [6.45, 7) is 0. The Labute approximate surface area is 112 Å². The Morgan fingerprint density at radius 1 is 1.44 bits per heavy atom. The summed E-state index contributed by atoms with van der Waals surface area (Å²) in [6, 6.07) is -0.574.